The smallest absolute Gasteiger partial charge is 0.224 e. The van der Waals surface area contributed by atoms with Crippen molar-refractivity contribution in [3.8, 4) is 5.69 Å². The predicted molar refractivity (Wildman–Crippen MR) is 125 cm³/mol. The lowest BCUT2D eigenvalue weighted by Crippen LogP contribution is -2.44. The number of nitrogens with two attached hydrogens (primary N) is 1. The molecule has 3 aromatic rings. The molecule has 0 amide bonds. The molecule has 0 atom stereocenters. The maximum atomic E-state index is 6.02. The number of anilines is 2. The Balaban J connectivity index is 1.30. The molecule has 1 aliphatic carbocycles. The number of hydrogen-bond donors (Lipinski definition) is 2. The highest BCUT2D eigenvalue weighted by Crippen LogP contribution is 2.24. The predicted octanol–water partition coefficient (Wildman–Crippen LogP) is 2.50. The normalized spacial score (nSPS) is 22.7. The molecule has 0 spiro atoms. The van der Waals surface area contributed by atoms with Gasteiger partial charge in [0.25, 0.3) is 0 Å². The van der Waals surface area contributed by atoms with Crippen LogP contribution in [-0.2, 0) is 0 Å². The molecule has 3 N–H and O–H groups in total. The molecule has 0 unspecified atom stereocenters. The van der Waals surface area contributed by atoms with Gasteiger partial charge in [0.05, 0.1) is 17.3 Å². The summed E-state index contributed by atoms with van der Waals surface area (Å²) in [6, 6.07) is 8.99. The molecule has 8 nitrogen and oxygen atoms in total. The lowest BCUT2D eigenvalue weighted by molar-refractivity contribution is 0.313. The minimum absolute atomic E-state index is 0.376. The van der Waals surface area contributed by atoms with Gasteiger partial charge in [-0.15, -0.1) is 0 Å². The van der Waals surface area contributed by atoms with E-state index in [0.717, 1.165) is 62.3 Å². The molecular weight excluding hydrogens is 388 g/mol. The fourth-order valence-corrected chi connectivity index (χ4v) is 4.59. The highest BCUT2D eigenvalue weighted by atomic mass is 15.3. The minimum Gasteiger partial charge on any atom is -0.369 e. The summed E-state index contributed by atoms with van der Waals surface area (Å²) < 4.78 is 1.90. The van der Waals surface area contributed by atoms with Gasteiger partial charge in [-0.05, 0) is 62.9 Å². The second-order valence-corrected chi connectivity index (χ2v) is 9.00. The second-order valence-electron chi connectivity index (χ2n) is 9.00. The average Bonchev–Trinajstić information content (AvgIpc) is 3.23. The molecular formula is C23H32N8. The lowest BCUT2D eigenvalue weighted by Gasteiger charge is -2.34. The van der Waals surface area contributed by atoms with Crippen molar-refractivity contribution < 1.29 is 0 Å². The van der Waals surface area contributed by atoms with Crippen LogP contribution in [0.2, 0.25) is 0 Å². The number of nitrogens with zero attached hydrogens (tertiary/aromatic N) is 6. The number of benzene rings is 1. The Morgan fingerprint density at radius 2 is 1.68 bits per heavy atom. The van der Waals surface area contributed by atoms with Gasteiger partial charge in [0.1, 0.15) is 0 Å². The van der Waals surface area contributed by atoms with Crippen LogP contribution < -0.4 is 16.0 Å². The van der Waals surface area contributed by atoms with Gasteiger partial charge in [-0.2, -0.15) is 10.1 Å². The molecule has 0 radical (unpaired) electrons. The molecule has 2 fully saturated rings. The van der Waals surface area contributed by atoms with Crippen molar-refractivity contribution >= 4 is 22.7 Å². The van der Waals surface area contributed by atoms with Gasteiger partial charge in [0, 0.05) is 50.6 Å². The second kappa shape index (κ2) is 8.80. The zero-order valence-electron chi connectivity index (χ0n) is 18.2. The summed E-state index contributed by atoms with van der Waals surface area (Å²) in [7, 11) is 2.18. The van der Waals surface area contributed by atoms with E-state index in [1.807, 2.05) is 17.1 Å². The summed E-state index contributed by atoms with van der Waals surface area (Å²) in [6.45, 7) is 5.23. The number of aromatic nitrogens is 4. The first-order valence-electron chi connectivity index (χ1n) is 11.4. The highest BCUT2D eigenvalue weighted by Gasteiger charge is 2.19. The van der Waals surface area contributed by atoms with Gasteiger partial charge < -0.3 is 20.9 Å². The van der Waals surface area contributed by atoms with Gasteiger partial charge in [-0.3, -0.25) is 0 Å². The van der Waals surface area contributed by atoms with Crippen molar-refractivity contribution in [2.24, 2.45) is 11.7 Å². The molecule has 0 bridgehead atoms. The van der Waals surface area contributed by atoms with Gasteiger partial charge >= 0.3 is 0 Å². The number of nitrogens with one attached hydrogen (secondary N) is 1. The summed E-state index contributed by atoms with van der Waals surface area (Å²) in [4.78, 5) is 14.1. The van der Waals surface area contributed by atoms with E-state index in [1.165, 1.54) is 18.5 Å². The van der Waals surface area contributed by atoms with Crippen molar-refractivity contribution in [3.63, 3.8) is 0 Å². The molecule has 2 aromatic heterocycles. The summed E-state index contributed by atoms with van der Waals surface area (Å²) in [5, 5.41) is 8.94. The van der Waals surface area contributed by atoms with Gasteiger partial charge in [0.15, 0.2) is 5.65 Å². The van der Waals surface area contributed by atoms with Gasteiger partial charge in [-0.1, -0.05) is 0 Å². The molecule has 1 saturated heterocycles. The summed E-state index contributed by atoms with van der Waals surface area (Å²) in [6.07, 6.45) is 8.26. The largest absolute Gasteiger partial charge is 0.369 e. The minimum atomic E-state index is 0.376. The van der Waals surface area contributed by atoms with E-state index in [-0.39, 0.29) is 0 Å². The molecule has 164 valence electrons. The highest BCUT2D eigenvalue weighted by molar-refractivity contribution is 5.76. The first-order chi connectivity index (χ1) is 15.2. The van der Waals surface area contributed by atoms with Crippen LogP contribution in [0.4, 0.5) is 11.6 Å². The van der Waals surface area contributed by atoms with E-state index in [2.05, 4.69) is 56.5 Å². The molecule has 2 aliphatic rings. The van der Waals surface area contributed by atoms with Crippen LogP contribution in [-0.4, -0.2) is 70.5 Å². The lowest BCUT2D eigenvalue weighted by atomic mass is 9.86. The van der Waals surface area contributed by atoms with E-state index >= 15 is 0 Å². The van der Waals surface area contributed by atoms with Crippen LogP contribution in [0.25, 0.3) is 16.7 Å². The van der Waals surface area contributed by atoms with Crippen molar-refractivity contribution in [2.75, 3.05) is 50.0 Å². The molecule has 31 heavy (non-hydrogen) atoms. The summed E-state index contributed by atoms with van der Waals surface area (Å²) in [5.41, 5.74) is 9.13. The van der Waals surface area contributed by atoms with Crippen LogP contribution in [0.5, 0.6) is 0 Å². The Morgan fingerprint density at radius 3 is 2.42 bits per heavy atom. The average molecular weight is 421 g/mol. The third kappa shape index (κ3) is 4.50. The van der Waals surface area contributed by atoms with E-state index in [1.54, 1.807) is 0 Å². The maximum absolute atomic E-state index is 6.02. The molecule has 8 heteroatoms. The van der Waals surface area contributed by atoms with Crippen LogP contribution in [0, 0.1) is 5.92 Å². The number of hydrogen-bond acceptors (Lipinski definition) is 7. The fourth-order valence-electron chi connectivity index (χ4n) is 4.59. The van der Waals surface area contributed by atoms with Crippen LogP contribution in [0.3, 0.4) is 0 Å². The first-order valence-corrected chi connectivity index (χ1v) is 11.4. The van der Waals surface area contributed by atoms with Gasteiger partial charge in [-0.25, -0.2) is 9.67 Å². The first kappa shape index (κ1) is 20.2. The van der Waals surface area contributed by atoms with E-state index in [9.17, 15) is 0 Å². The number of fused-ring (bicyclic) bond motifs is 1. The van der Waals surface area contributed by atoms with Crippen LogP contribution >= 0.6 is 0 Å². The monoisotopic (exact) mass is 420 g/mol. The van der Waals surface area contributed by atoms with Crippen molar-refractivity contribution in [1.29, 1.82) is 0 Å². The standard InChI is InChI=1S/C23H32N8/c1-29-10-12-30(13-11-29)20-6-8-21(9-7-20)31-22-18(16-27-31)15-26-23(28-22)25-14-17-2-4-19(24)5-3-17/h6-9,15-17,19H,2-5,10-14,24H2,1H3,(H,25,26,28). The molecule has 3 heterocycles. The molecule has 1 saturated carbocycles. The quantitative estimate of drug-likeness (QED) is 0.656. The van der Waals surface area contributed by atoms with Gasteiger partial charge in [0.2, 0.25) is 5.95 Å². The number of rotatable bonds is 5. The van der Waals surface area contributed by atoms with Crippen molar-refractivity contribution in [3.05, 3.63) is 36.7 Å². The van der Waals surface area contributed by atoms with Crippen LogP contribution in [0.15, 0.2) is 36.7 Å². The third-order valence-electron chi connectivity index (χ3n) is 6.71. The molecule has 1 aliphatic heterocycles. The topological polar surface area (TPSA) is 88.1 Å². The van der Waals surface area contributed by atoms with Crippen molar-refractivity contribution in [2.45, 2.75) is 31.7 Å². The molecule has 1 aromatic carbocycles. The Labute approximate surface area is 183 Å². The summed E-state index contributed by atoms with van der Waals surface area (Å²) in [5.74, 6) is 1.31. The van der Waals surface area contributed by atoms with Crippen molar-refractivity contribution in [1.82, 2.24) is 24.6 Å². The number of piperazine rings is 1. The zero-order valence-corrected chi connectivity index (χ0v) is 18.2. The fraction of sp³-hybridized carbons (Fsp3) is 0.522. The Bertz CT molecular complexity index is 998. The van der Waals surface area contributed by atoms with E-state index in [0.29, 0.717) is 17.9 Å². The Hall–Kier alpha value is -2.71. The molecule has 5 rings (SSSR count). The zero-order chi connectivity index (χ0) is 21.2. The Kier molecular flexibility index (Phi) is 5.74. The number of likely N-dealkylation sites (N-methyl/N-ethyl adjacent to an activating group) is 1. The SMILES string of the molecule is CN1CCN(c2ccc(-n3ncc4cnc(NCC5CCC(N)CC5)nc43)cc2)CC1. The maximum Gasteiger partial charge on any atom is 0.224 e. The van der Waals surface area contributed by atoms with Crippen LogP contribution in [0.1, 0.15) is 25.7 Å². The third-order valence-corrected chi connectivity index (χ3v) is 6.71. The Morgan fingerprint density at radius 1 is 0.968 bits per heavy atom. The summed E-state index contributed by atoms with van der Waals surface area (Å²) >= 11 is 0. The van der Waals surface area contributed by atoms with E-state index in [4.69, 9.17) is 10.7 Å². The van der Waals surface area contributed by atoms with E-state index < -0.39 is 0 Å².